The van der Waals surface area contributed by atoms with E-state index in [9.17, 15) is 0 Å². The van der Waals surface area contributed by atoms with Crippen LogP contribution >= 0.6 is 0 Å². The van der Waals surface area contributed by atoms with Gasteiger partial charge in [0.15, 0.2) is 8.32 Å². The van der Waals surface area contributed by atoms with Crippen molar-refractivity contribution in [3.05, 3.63) is 34.4 Å². The van der Waals surface area contributed by atoms with E-state index in [4.69, 9.17) is 4.43 Å². The lowest BCUT2D eigenvalue weighted by molar-refractivity contribution is 0.329. The smallest absolute Gasteiger partial charge is 0.187 e. The van der Waals surface area contributed by atoms with Crippen molar-refractivity contribution in [2.45, 2.75) is 106 Å². The maximum absolute atomic E-state index is 5.93. The molecule has 1 nitrogen and oxygen atoms in total. The summed E-state index contributed by atoms with van der Waals surface area (Å²) in [5, 5.41) is 0. The molecule has 0 aliphatic heterocycles. The van der Waals surface area contributed by atoms with Gasteiger partial charge in [-0.1, -0.05) is 48.3 Å². The summed E-state index contributed by atoms with van der Waals surface area (Å²) in [6.07, 6.45) is 13.6. The second kappa shape index (κ2) is 10.7. The van der Waals surface area contributed by atoms with Crippen LogP contribution < -0.4 is 0 Å². The Balaban J connectivity index is 2.46. The lowest BCUT2D eigenvalue weighted by atomic mass is 9.71. The predicted octanol–water partition coefficient (Wildman–Crippen LogP) is 8.21. The highest BCUT2D eigenvalue weighted by Crippen LogP contribution is 2.42. The molecule has 0 heterocycles. The maximum Gasteiger partial charge on any atom is 0.187 e. The zero-order valence-electron chi connectivity index (χ0n) is 18.9. The van der Waals surface area contributed by atoms with Gasteiger partial charge in [0, 0.05) is 6.61 Å². The molecular weight excluding hydrogens is 332 g/mol. The first kappa shape index (κ1) is 23.4. The minimum atomic E-state index is -1.44. The van der Waals surface area contributed by atoms with Crippen LogP contribution in [0.4, 0.5) is 0 Å². The van der Waals surface area contributed by atoms with Crippen molar-refractivity contribution >= 4 is 8.32 Å². The van der Waals surface area contributed by atoms with Gasteiger partial charge in [-0.15, -0.1) is 0 Å². The SMILES string of the molecule is CCO[Si](C)(C)CC/C(C)=C/C/C=C(\C)CCC1=C(C)CCCC1(C)C. The second-order valence-electron chi connectivity index (χ2n) is 9.53. The molecule has 2 heteroatoms. The molecule has 1 aliphatic carbocycles. The van der Waals surface area contributed by atoms with E-state index in [-0.39, 0.29) is 0 Å². The molecule has 0 bridgehead atoms. The molecule has 150 valence electrons. The van der Waals surface area contributed by atoms with Crippen molar-refractivity contribution in [2.75, 3.05) is 6.61 Å². The van der Waals surface area contributed by atoms with Crippen LogP contribution in [-0.2, 0) is 4.43 Å². The van der Waals surface area contributed by atoms with E-state index in [0.29, 0.717) is 5.41 Å². The van der Waals surface area contributed by atoms with Crippen molar-refractivity contribution in [3.8, 4) is 0 Å². The van der Waals surface area contributed by atoms with Gasteiger partial charge in [0.2, 0.25) is 0 Å². The fourth-order valence-corrected chi connectivity index (χ4v) is 6.10. The van der Waals surface area contributed by atoms with Crippen LogP contribution in [0.15, 0.2) is 34.4 Å². The zero-order chi connectivity index (χ0) is 19.8. The second-order valence-corrected chi connectivity index (χ2v) is 13.8. The molecular formula is C24H44OSi. The average Bonchev–Trinajstić information content (AvgIpc) is 2.52. The van der Waals surface area contributed by atoms with Crippen LogP contribution in [-0.4, -0.2) is 14.9 Å². The van der Waals surface area contributed by atoms with E-state index in [1.165, 1.54) is 50.1 Å². The van der Waals surface area contributed by atoms with Gasteiger partial charge in [0.25, 0.3) is 0 Å². The van der Waals surface area contributed by atoms with E-state index in [0.717, 1.165) is 13.0 Å². The van der Waals surface area contributed by atoms with E-state index in [2.05, 4.69) is 66.8 Å². The van der Waals surface area contributed by atoms with Crippen molar-refractivity contribution < 1.29 is 4.43 Å². The van der Waals surface area contributed by atoms with Crippen molar-refractivity contribution in [3.63, 3.8) is 0 Å². The van der Waals surface area contributed by atoms with Gasteiger partial charge in [-0.2, -0.15) is 0 Å². The Hall–Kier alpha value is -0.603. The lowest BCUT2D eigenvalue weighted by Crippen LogP contribution is -2.29. The molecule has 0 radical (unpaired) electrons. The summed E-state index contributed by atoms with van der Waals surface area (Å²) < 4.78 is 5.93. The van der Waals surface area contributed by atoms with Gasteiger partial charge < -0.3 is 4.43 Å². The summed E-state index contributed by atoms with van der Waals surface area (Å²) in [6.45, 7) is 19.4. The number of rotatable bonds is 10. The van der Waals surface area contributed by atoms with Crippen LogP contribution in [0, 0.1) is 5.41 Å². The van der Waals surface area contributed by atoms with Gasteiger partial charge in [0.1, 0.15) is 0 Å². The third-order valence-corrected chi connectivity index (χ3v) is 8.57. The third-order valence-electron chi connectivity index (χ3n) is 6.04. The van der Waals surface area contributed by atoms with E-state index in [1.807, 2.05) is 0 Å². The third kappa shape index (κ3) is 8.39. The average molecular weight is 377 g/mol. The Morgan fingerprint density at radius 3 is 2.31 bits per heavy atom. The van der Waals surface area contributed by atoms with Crippen LogP contribution in [0.25, 0.3) is 0 Å². The van der Waals surface area contributed by atoms with Gasteiger partial charge in [-0.3, -0.25) is 0 Å². The maximum atomic E-state index is 5.93. The topological polar surface area (TPSA) is 9.23 Å². The molecule has 0 fully saturated rings. The van der Waals surface area contributed by atoms with Gasteiger partial charge in [0.05, 0.1) is 0 Å². The summed E-state index contributed by atoms with van der Waals surface area (Å²) in [5.41, 5.74) is 6.86. The number of hydrogen-bond donors (Lipinski definition) is 0. The highest BCUT2D eigenvalue weighted by molar-refractivity contribution is 6.71. The first-order valence-corrected chi connectivity index (χ1v) is 13.8. The summed E-state index contributed by atoms with van der Waals surface area (Å²) in [5.74, 6) is 0. The summed E-state index contributed by atoms with van der Waals surface area (Å²) in [6, 6.07) is 1.23. The fourth-order valence-electron chi connectivity index (χ4n) is 4.18. The first-order valence-electron chi connectivity index (χ1n) is 10.7. The predicted molar refractivity (Wildman–Crippen MR) is 120 cm³/mol. The Bertz CT molecular complexity index is 534. The molecule has 0 atom stereocenters. The van der Waals surface area contributed by atoms with Crippen LogP contribution in [0.2, 0.25) is 19.1 Å². The summed E-state index contributed by atoms with van der Waals surface area (Å²) >= 11 is 0. The van der Waals surface area contributed by atoms with Gasteiger partial charge >= 0.3 is 0 Å². The Kier molecular flexibility index (Phi) is 9.61. The van der Waals surface area contributed by atoms with E-state index < -0.39 is 8.32 Å². The van der Waals surface area contributed by atoms with Gasteiger partial charge in [-0.05, 0) is 97.2 Å². The van der Waals surface area contributed by atoms with E-state index in [1.54, 1.807) is 16.7 Å². The Morgan fingerprint density at radius 2 is 1.73 bits per heavy atom. The van der Waals surface area contributed by atoms with Crippen molar-refractivity contribution in [1.82, 2.24) is 0 Å². The molecule has 1 rings (SSSR count). The van der Waals surface area contributed by atoms with Crippen LogP contribution in [0.5, 0.6) is 0 Å². The van der Waals surface area contributed by atoms with Crippen molar-refractivity contribution in [2.24, 2.45) is 5.41 Å². The monoisotopic (exact) mass is 376 g/mol. The zero-order valence-corrected chi connectivity index (χ0v) is 19.9. The molecule has 0 spiro atoms. The number of allylic oxidation sites excluding steroid dienone is 6. The fraction of sp³-hybridized carbons (Fsp3) is 0.750. The lowest BCUT2D eigenvalue weighted by Gasteiger charge is -2.34. The highest BCUT2D eigenvalue weighted by atomic mass is 28.4. The minimum Gasteiger partial charge on any atom is -0.418 e. The molecule has 0 amide bonds. The molecule has 0 N–H and O–H groups in total. The largest absolute Gasteiger partial charge is 0.418 e. The standard InChI is InChI=1S/C24H44OSi/c1-9-25-26(7,8)19-17-21(3)13-10-12-20(2)15-16-23-22(4)14-11-18-24(23,5)6/h12-13H,9-11,14-19H2,1-8H3/b20-12+,21-13+. The first-order chi connectivity index (χ1) is 12.1. The van der Waals surface area contributed by atoms with E-state index >= 15 is 0 Å². The molecule has 26 heavy (non-hydrogen) atoms. The van der Waals surface area contributed by atoms with Crippen LogP contribution in [0.1, 0.15) is 86.5 Å². The summed E-state index contributed by atoms with van der Waals surface area (Å²) in [7, 11) is -1.44. The van der Waals surface area contributed by atoms with Crippen molar-refractivity contribution in [1.29, 1.82) is 0 Å². The Morgan fingerprint density at radius 1 is 1.12 bits per heavy atom. The highest BCUT2D eigenvalue weighted by Gasteiger charge is 2.27. The Labute approximate surface area is 165 Å². The summed E-state index contributed by atoms with van der Waals surface area (Å²) in [4.78, 5) is 0. The molecule has 0 unspecified atom stereocenters. The van der Waals surface area contributed by atoms with Gasteiger partial charge in [-0.25, -0.2) is 0 Å². The molecule has 0 aromatic heterocycles. The molecule has 1 aliphatic rings. The molecule has 0 saturated heterocycles. The molecule has 0 saturated carbocycles. The van der Waals surface area contributed by atoms with Crippen LogP contribution in [0.3, 0.4) is 0 Å². The molecule has 0 aromatic rings. The molecule has 0 aromatic carbocycles. The number of hydrogen-bond acceptors (Lipinski definition) is 1. The minimum absolute atomic E-state index is 0.413. The quantitative estimate of drug-likeness (QED) is 0.276. The normalized spacial score (nSPS) is 19.2.